The molecule has 0 atom stereocenters. The highest BCUT2D eigenvalue weighted by molar-refractivity contribution is 5.76. The molecule has 0 bridgehead atoms. The number of nitrogens with one attached hydrogen (secondary N) is 1. The van der Waals surface area contributed by atoms with Crippen LogP contribution in [0, 0.1) is 11.2 Å². The zero-order valence-corrected chi connectivity index (χ0v) is 11.0. The van der Waals surface area contributed by atoms with E-state index in [1.807, 2.05) is 19.9 Å². The minimum absolute atomic E-state index is 0.0122. The minimum Gasteiger partial charge on any atom is -0.356 e. The highest BCUT2D eigenvalue weighted by Gasteiger charge is 2.19. The standard InChI is InChI=1S/C14H21FN2O/c1-14(2,10-16)9-13(18)17-7-6-11-4-3-5-12(15)8-11/h3-5,8H,6-7,9-10,16H2,1-2H3,(H,17,18). The minimum atomic E-state index is -0.247. The Morgan fingerprint density at radius 1 is 1.44 bits per heavy atom. The summed E-state index contributed by atoms with van der Waals surface area (Å²) in [4.78, 5) is 11.6. The first-order valence-electron chi connectivity index (χ1n) is 6.14. The van der Waals surface area contributed by atoms with Crippen LogP contribution in [-0.2, 0) is 11.2 Å². The van der Waals surface area contributed by atoms with Gasteiger partial charge >= 0.3 is 0 Å². The lowest BCUT2D eigenvalue weighted by Gasteiger charge is -2.21. The average molecular weight is 252 g/mol. The molecule has 1 aromatic rings. The quantitative estimate of drug-likeness (QED) is 0.812. The Morgan fingerprint density at radius 3 is 2.78 bits per heavy atom. The van der Waals surface area contributed by atoms with E-state index < -0.39 is 0 Å². The van der Waals surface area contributed by atoms with Crippen LogP contribution in [0.2, 0.25) is 0 Å². The summed E-state index contributed by atoms with van der Waals surface area (Å²) in [5.41, 5.74) is 6.27. The number of carbonyl (C=O) groups excluding carboxylic acids is 1. The second-order valence-electron chi connectivity index (χ2n) is 5.27. The Bertz CT molecular complexity index is 405. The molecule has 0 saturated carbocycles. The van der Waals surface area contributed by atoms with Crippen LogP contribution < -0.4 is 11.1 Å². The van der Waals surface area contributed by atoms with Crippen LogP contribution in [0.4, 0.5) is 4.39 Å². The number of benzene rings is 1. The van der Waals surface area contributed by atoms with E-state index in [2.05, 4.69) is 5.32 Å². The Labute approximate surface area is 108 Å². The summed E-state index contributed by atoms with van der Waals surface area (Å²) in [6.45, 7) is 4.91. The van der Waals surface area contributed by atoms with Gasteiger partial charge in [0.2, 0.25) is 5.91 Å². The molecule has 3 nitrogen and oxygen atoms in total. The largest absolute Gasteiger partial charge is 0.356 e. The molecule has 1 amide bonds. The maximum atomic E-state index is 12.9. The van der Waals surface area contributed by atoms with Gasteiger partial charge < -0.3 is 11.1 Å². The number of carbonyl (C=O) groups is 1. The van der Waals surface area contributed by atoms with E-state index in [-0.39, 0.29) is 17.1 Å². The van der Waals surface area contributed by atoms with Crippen LogP contribution >= 0.6 is 0 Å². The van der Waals surface area contributed by atoms with Crippen molar-refractivity contribution in [1.29, 1.82) is 0 Å². The third-order valence-corrected chi connectivity index (χ3v) is 2.82. The number of rotatable bonds is 6. The van der Waals surface area contributed by atoms with Crippen molar-refractivity contribution in [2.24, 2.45) is 11.1 Å². The van der Waals surface area contributed by atoms with E-state index in [1.54, 1.807) is 6.07 Å². The molecule has 0 fully saturated rings. The number of amides is 1. The molecule has 0 heterocycles. The molecule has 0 aliphatic rings. The topological polar surface area (TPSA) is 55.1 Å². The van der Waals surface area contributed by atoms with Gasteiger partial charge in [-0.3, -0.25) is 4.79 Å². The van der Waals surface area contributed by atoms with Gasteiger partial charge in [-0.25, -0.2) is 4.39 Å². The number of nitrogens with two attached hydrogens (primary N) is 1. The summed E-state index contributed by atoms with van der Waals surface area (Å²) >= 11 is 0. The van der Waals surface area contributed by atoms with Gasteiger partial charge in [-0.15, -0.1) is 0 Å². The van der Waals surface area contributed by atoms with Gasteiger partial charge in [0.25, 0.3) is 0 Å². The van der Waals surface area contributed by atoms with Crippen LogP contribution in [0.1, 0.15) is 25.8 Å². The van der Waals surface area contributed by atoms with E-state index >= 15 is 0 Å². The van der Waals surface area contributed by atoms with E-state index in [1.165, 1.54) is 12.1 Å². The molecule has 3 N–H and O–H groups in total. The van der Waals surface area contributed by atoms with Gasteiger partial charge in [0.15, 0.2) is 0 Å². The van der Waals surface area contributed by atoms with Gasteiger partial charge in [0.1, 0.15) is 5.82 Å². The van der Waals surface area contributed by atoms with Gasteiger partial charge in [0.05, 0.1) is 0 Å². The molecule has 0 saturated heterocycles. The Kier molecular flexibility index (Phi) is 5.28. The van der Waals surface area contributed by atoms with Gasteiger partial charge in [-0.05, 0) is 36.1 Å². The molecule has 0 aliphatic heterocycles. The Morgan fingerprint density at radius 2 is 2.17 bits per heavy atom. The first-order valence-corrected chi connectivity index (χ1v) is 6.14. The number of hydrogen-bond donors (Lipinski definition) is 2. The lowest BCUT2D eigenvalue weighted by Crippen LogP contribution is -2.33. The van der Waals surface area contributed by atoms with E-state index in [4.69, 9.17) is 5.73 Å². The van der Waals surface area contributed by atoms with Crippen molar-refractivity contribution in [2.75, 3.05) is 13.1 Å². The van der Waals surface area contributed by atoms with E-state index in [9.17, 15) is 9.18 Å². The molecule has 0 aromatic heterocycles. The fraction of sp³-hybridized carbons (Fsp3) is 0.500. The molecule has 0 aliphatic carbocycles. The molecule has 18 heavy (non-hydrogen) atoms. The predicted octanol–water partition coefficient (Wildman–Crippen LogP) is 1.86. The predicted molar refractivity (Wildman–Crippen MR) is 70.6 cm³/mol. The summed E-state index contributed by atoms with van der Waals surface area (Å²) in [7, 11) is 0. The highest BCUT2D eigenvalue weighted by Crippen LogP contribution is 2.17. The fourth-order valence-electron chi connectivity index (χ4n) is 1.61. The SMILES string of the molecule is CC(C)(CN)CC(=O)NCCc1cccc(F)c1. The molecule has 1 rings (SSSR count). The zero-order valence-electron chi connectivity index (χ0n) is 11.0. The van der Waals surface area contributed by atoms with Crippen LogP contribution in [-0.4, -0.2) is 19.0 Å². The molecular weight excluding hydrogens is 231 g/mol. The molecule has 1 aromatic carbocycles. The van der Waals surface area contributed by atoms with E-state index in [0.29, 0.717) is 25.9 Å². The van der Waals surface area contributed by atoms with Crippen molar-refractivity contribution >= 4 is 5.91 Å². The maximum absolute atomic E-state index is 12.9. The van der Waals surface area contributed by atoms with Crippen molar-refractivity contribution in [3.63, 3.8) is 0 Å². The molecule has 100 valence electrons. The summed E-state index contributed by atoms with van der Waals surface area (Å²) in [6, 6.07) is 6.41. The maximum Gasteiger partial charge on any atom is 0.220 e. The Hall–Kier alpha value is -1.42. The van der Waals surface area contributed by atoms with Crippen molar-refractivity contribution < 1.29 is 9.18 Å². The van der Waals surface area contributed by atoms with Crippen LogP contribution in [0.25, 0.3) is 0 Å². The molecule has 0 unspecified atom stereocenters. The summed E-state index contributed by atoms with van der Waals surface area (Å²) in [5.74, 6) is -0.259. The van der Waals surface area contributed by atoms with Crippen molar-refractivity contribution in [3.05, 3.63) is 35.6 Å². The number of hydrogen-bond acceptors (Lipinski definition) is 2. The van der Waals surface area contributed by atoms with Crippen molar-refractivity contribution in [1.82, 2.24) is 5.32 Å². The van der Waals surface area contributed by atoms with Gasteiger partial charge in [-0.2, -0.15) is 0 Å². The fourth-order valence-corrected chi connectivity index (χ4v) is 1.61. The van der Waals surface area contributed by atoms with Crippen LogP contribution in [0.15, 0.2) is 24.3 Å². The average Bonchev–Trinajstić information content (AvgIpc) is 2.28. The van der Waals surface area contributed by atoms with Gasteiger partial charge in [0, 0.05) is 13.0 Å². The molecule has 0 radical (unpaired) electrons. The first kappa shape index (κ1) is 14.6. The molecule has 4 heteroatoms. The second kappa shape index (κ2) is 6.50. The highest BCUT2D eigenvalue weighted by atomic mass is 19.1. The monoisotopic (exact) mass is 252 g/mol. The summed E-state index contributed by atoms with van der Waals surface area (Å²) < 4.78 is 12.9. The first-order chi connectivity index (χ1) is 8.43. The normalized spacial score (nSPS) is 11.3. The van der Waals surface area contributed by atoms with Crippen molar-refractivity contribution in [3.8, 4) is 0 Å². The second-order valence-corrected chi connectivity index (χ2v) is 5.27. The lowest BCUT2D eigenvalue weighted by molar-refractivity contribution is -0.122. The smallest absolute Gasteiger partial charge is 0.220 e. The van der Waals surface area contributed by atoms with Crippen LogP contribution in [0.3, 0.4) is 0 Å². The number of halogens is 1. The van der Waals surface area contributed by atoms with Crippen LogP contribution in [0.5, 0.6) is 0 Å². The zero-order chi connectivity index (χ0) is 13.6. The summed E-state index contributed by atoms with van der Waals surface area (Å²) in [6.07, 6.45) is 1.04. The van der Waals surface area contributed by atoms with Gasteiger partial charge in [-0.1, -0.05) is 26.0 Å². The van der Waals surface area contributed by atoms with E-state index in [0.717, 1.165) is 5.56 Å². The Balaban J connectivity index is 2.32. The van der Waals surface area contributed by atoms with Crippen molar-refractivity contribution in [2.45, 2.75) is 26.7 Å². The molecular formula is C14H21FN2O. The summed E-state index contributed by atoms with van der Waals surface area (Å²) in [5, 5.41) is 2.82. The third-order valence-electron chi connectivity index (χ3n) is 2.82. The lowest BCUT2D eigenvalue weighted by atomic mass is 9.89. The third kappa shape index (κ3) is 5.27. The molecule has 0 spiro atoms.